The van der Waals surface area contributed by atoms with Crippen LogP contribution in [0.1, 0.15) is 25.0 Å². The molecule has 2 unspecified atom stereocenters. The molecule has 1 fully saturated rings. The predicted molar refractivity (Wildman–Crippen MR) is 62.7 cm³/mol. The SMILES string of the molecule is [CH2-][NH+]1C2=C(CC3(CC3)[NH+]([CH2-])C2)c2nccnc21. The summed E-state index contributed by atoms with van der Waals surface area (Å²) in [5.41, 5.74) is 4.21. The second-order valence-corrected chi connectivity index (χ2v) is 5.43. The Hall–Kier alpha value is -1.26. The molecule has 2 N–H and O–H groups in total. The van der Waals surface area contributed by atoms with E-state index in [2.05, 4.69) is 24.1 Å². The third-order valence-corrected chi connectivity index (χ3v) is 4.51. The highest BCUT2D eigenvalue weighted by molar-refractivity contribution is 5.74. The molecule has 0 bridgehead atoms. The lowest BCUT2D eigenvalue weighted by molar-refractivity contribution is -0.906. The van der Waals surface area contributed by atoms with Crippen molar-refractivity contribution < 1.29 is 9.80 Å². The van der Waals surface area contributed by atoms with Crippen LogP contribution < -0.4 is 9.80 Å². The fourth-order valence-electron chi connectivity index (χ4n) is 3.20. The molecule has 1 saturated carbocycles. The van der Waals surface area contributed by atoms with Gasteiger partial charge < -0.3 is 9.80 Å². The first-order chi connectivity index (χ1) is 8.21. The molecule has 1 aromatic heterocycles. The van der Waals surface area contributed by atoms with Crippen molar-refractivity contribution in [3.8, 4) is 0 Å². The third kappa shape index (κ3) is 1.14. The standard InChI is InChI=1S/C13H16N4/c1-16-8-10-9(7-13(16)3-4-13)11-12(17(10)2)15-6-5-14-11/h5-6,16-17H,1-4,7-8H2. The maximum absolute atomic E-state index is 4.50. The number of rotatable bonds is 0. The van der Waals surface area contributed by atoms with Crippen LogP contribution in [-0.4, -0.2) is 22.1 Å². The van der Waals surface area contributed by atoms with Gasteiger partial charge in [0.2, 0.25) is 5.82 Å². The number of nitrogens with one attached hydrogen (secondary N) is 2. The second-order valence-electron chi connectivity index (χ2n) is 5.43. The van der Waals surface area contributed by atoms with Gasteiger partial charge in [-0.05, 0) is 0 Å². The summed E-state index contributed by atoms with van der Waals surface area (Å²) >= 11 is 0. The van der Waals surface area contributed by atoms with Crippen molar-refractivity contribution in [1.82, 2.24) is 9.97 Å². The van der Waals surface area contributed by atoms with Gasteiger partial charge in [0.15, 0.2) is 5.69 Å². The zero-order chi connectivity index (χ0) is 11.6. The molecule has 4 nitrogen and oxygen atoms in total. The van der Waals surface area contributed by atoms with E-state index in [9.17, 15) is 0 Å². The average molecular weight is 228 g/mol. The normalized spacial score (nSPS) is 32.6. The van der Waals surface area contributed by atoms with E-state index in [-0.39, 0.29) is 0 Å². The Labute approximate surface area is 101 Å². The molecule has 4 heteroatoms. The molecular weight excluding hydrogens is 212 g/mol. The van der Waals surface area contributed by atoms with Crippen molar-refractivity contribution in [2.24, 2.45) is 0 Å². The maximum atomic E-state index is 4.50. The van der Waals surface area contributed by atoms with Crippen LogP contribution >= 0.6 is 0 Å². The van der Waals surface area contributed by atoms with E-state index in [4.69, 9.17) is 0 Å². The lowest BCUT2D eigenvalue weighted by Crippen LogP contribution is -3.17. The molecule has 4 rings (SSSR count). The Bertz CT molecular complexity index is 530. The Morgan fingerprint density at radius 1 is 1.18 bits per heavy atom. The largest absolute Gasteiger partial charge is 0.455 e. The number of nitrogens with zero attached hydrogens (tertiary/aromatic N) is 2. The van der Waals surface area contributed by atoms with E-state index < -0.39 is 0 Å². The van der Waals surface area contributed by atoms with Crippen LogP contribution in [-0.2, 0) is 0 Å². The number of aromatic nitrogens is 2. The summed E-state index contributed by atoms with van der Waals surface area (Å²) in [6.45, 7) is 0.978. The van der Waals surface area contributed by atoms with Gasteiger partial charge in [-0.15, -0.1) is 14.1 Å². The van der Waals surface area contributed by atoms with Gasteiger partial charge in [-0.2, -0.15) is 0 Å². The summed E-state index contributed by atoms with van der Waals surface area (Å²) in [7, 11) is 8.45. The fourth-order valence-corrected chi connectivity index (χ4v) is 3.20. The molecule has 1 aliphatic carbocycles. The van der Waals surface area contributed by atoms with Crippen molar-refractivity contribution in [1.29, 1.82) is 0 Å². The van der Waals surface area contributed by atoms with Crippen LogP contribution in [0.5, 0.6) is 0 Å². The van der Waals surface area contributed by atoms with Gasteiger partial charge in [-0.1, -0.05) is 0 Å². The molecular formula is C13H16N4. The zero-order valence-corrected chi connectivity index (χ0v) is 9.79. The Balaban J connectivity index is 1.85. The van der Waals surface area contributed by atoms with Crippen LogP contribution in [0.2, 0.25) is 0 Å². The average Bonchev–Trinajstić information content (AvgIpc) is 3.07. The molecule has 0 aromatic carbocycles. The van der Waals surface area contributed by atoms with Gasteiger partial charge in [-0.3, -0.25) is 0 Å². The summed E-state index contributed by atoms with van der Waals surface area (Å²) < 4.78 is 0. The van der Waals surface area contributed by atoms with Crippen molar-refractivity contribution >= 4 is 11.4 Å². The highest BCUT2D eigenvalue weighted by Gasteiger charge is 2.54. The summed E-state index contributed by atoms with van der Waals surface area (Å²) in [5.74, 6) is 0.989. The summed E-state index contributed by atoms with van der Waals surface area (Å²) in [6.07, 6.45) is 7.23. The van der Waals surface area contributed by atoms with Crippen LogP contribution in [0.4, 0.5) is 5.82 Å². The van der Waals surface area contributed by atoms with Crippen molar-refractivity contribution in [2.75, 3.05) is 6.54 Å². The number of hydrogen-bond acceptors (Lipinski definition) is 2. The summed E-state index contributed by atoms with van der Waals surface area (Å²) in [4.78, 5) is 11.4. The molecule has 3 aliphatic rings. The molecule has 3 heterocycles. The Morgan fingerprint density at radius 3 is 2.71 bits per heavy atom. The minimum Gasteiger partial charge on any atom is -0.455 e. The molecule has 88 valence electrons. The lowest BCUT2D eigenvalue weighted by atomic mass is 9.95. The molecule has 2 atom stereocenters. The van der Waals surface area contributed by atoms with Crippen molar-refractivity contribution in [3.63, 3.8) is 0 Å². The highest BCUT2D eigenvalue weighted by Crippen LogP contribution is 2.44. The Morgan fingerprint density at radius 2 is 1.94 bits per heavy atom. The van der Waals surface area contributed by atoms with Gasteiger partial charge in [0.1, 0.15) is 12.2 Å². The molecule has 0 saturated heterocycles. The number of fused-ring (bicyclic) bond motifs is 2. The second kappa shape index (κ2) is 2.94. The van der Waals surface area contributed by atoms with E-state index in [1.54, 1.807) is 12.4 Å². The molecule has 0 radical (unpaired) electrons. The van der Waals surface area contributed by atoms with Gasteiger partial charge in [0, 0.05) is 25.5 Å². The molecule has 1 spiro atoms. The Kier molecular flexibility index (Phi) is 1.69. The quantitative estimate of drug-likeness (QED) is 0.566. The van der Waals surface area contributed by atoms with E-state index in [1.807, 2.05) is 0 Å². The van der Waals surface area contributed by atoms with Gasteiger partial charge in [0.25, 0.3) is 0 Å². The zero-order valence-electron chi connectivity index (χ0n) is 9.79. The molecule has 17 heavy (non-hydrogen) atoms. The lowest BCUT2D eigenvalue weighted by Gasteiger charge is -2.36. The first-order valence-electron chi connectivity index (χ1n) is 6.13. The van der Waals surface area contributed by atoms with E-state index in [0.29, 0.717) is 5.54 Å². The number of hydrogen-bond donors (Lipinski definition) is 2. The first-order valence-corrected chi connectivity index (χ1v) is 6.13. The van der Waals surface area contributed by atoms with Crippen LogP contribution in [0.3, 0.4) is 0 Å². The minimum absolute atomic E-state index is 0.401. The summed E-state index contributed by atoms with van der Waals surface area (Å²) in [6, 6.07) is 0. The minimum atomic E-state index is 0.401. The smallest absolute Gasteiger partial charge is 0.230 e. The van der Waals surface area contributed by atoms with Crippen molar-refractivity contribution in [2.45, 2.75) is 24.8 Å². The molecule has 1 aromatic rings. The highest BCUT2D eigenvalue weighted by atomic mass is 15.3. The van der Waals surface area contributed by atoms with Crippen LogP contribution in [0, 0.1) is 14.1 Å². The topological polar surface area (TPSA) is 34.7 Å². The van der Waals surface area contributed by atoms with Crippen molar-refractivity contribution in [3.05, 3.63) is 37.9 Å². The van der Waals surface area contributed by atoms with E-state index in [1.165, 1.54) is 29.0 Å². The first kappa shape index (κ1) is 9.74. The third-order valence-electron chi connectivity index (χ3n) is 4.51. The van der Waals surface area contributed by atoms with Crippen LogP contribution in [0.25, 0.3) is 5.57 Å². The van der Waals surface area contributed by atoms with E-state index >= 15 is 0 Å². The van der Waals surface area contributed by atoms with Crippen LogP contribution in [0.15, 0.2) is 18.1 Å². The summed E-state index contributed by atoms with van der Waals surface area (Å²) in [5, 5.41) is 0. The molecule has 2 aliphatic heterocycles. The fraction of sp³-hybridized carbons (Fsp3) is 0.385. The van der Waals surface area contributed by atoms with E-state index in [0.717, 1.165) is 29.4 Å². The van der Waals surface area contributed by atoms with Gasteiger partial charge in [-0.25, -0.2) is 9.97 Å². The molecule has 0 amide bonds. The van der Waals surface area contributed by atoms with Gasteiger partial charge >= 0.3 is 0 Å². The monoisotopic (exact) mass is 228 g/mol. The van der Waals surface area contributed by atoms with Gasteiger partial charge in [0.05, 0.1) is 17.3 Å². The number of quaternary nitrogens is 2. The predicted octanol–water partition coefficient (Wildman–Crippen LogP) is -0.878. The maximum Gasteiger partial charge on any atom is 0.230 e.